The van der Waals surface area contributed by atoms with E-state index in [0.29, 0.717) is 23.7 Å². The van der Waals surface area contributed by atoms with Crippen LogP contribution in [0.3, 0.4) is 0 Å². The Hall–Kier alpha value is -2.28. The van der Waals surface area contributed by atoms with E-state index in [1.165, 1.54) is 13.2 Å². The second-order valence-corrected chi connectivity index (χ2v) is 6.41. The van der Waals surface area contributed by atoms with E-state index in [0.717, 1.165) is 0 Å². The molecule has 7 nitrogen and oxygen atoms in total. The largest absolute Gasteiger partial charge is 0.493 e. The molecule has 0 aliphatic rings. The highest BCUT2D eigenvalue weighted by Gasteiger charge is 2.22. The zero-order valence-electron chi connectivity index (χ0n) is 15.4. The molecule has 0 heterocycles. The van der Waals surface area contributed by atoms with Gasteiger partial charge in [0.1, 0.15) is 6.04 Å². The Morgan fingerprint density at radius 2 is 1.92 bits per heavy atom. The Morgan fingerprint density at radius 1 is 1.24 bits per heavy atom. The average molecular weight is 353 g/mol. The molecule has 1 amide bonds. The molecule has 0 saturated carbocycles. The van der Waals surface area contributed by atoms with Gasteiger partial charge in [0.15, 0.2) is 11.5 Å². The summed E-state index contributed by atoms with van der Waals surface area (Å²) in [6.07, 6.45) is 0.173. The maximum absolute atomic E-state index is 12.3. The number of carbonyl (C=O) groups excluding carboxylic acids is 1. The fraction of sp³-hybridized carbons (Fsp3) is 0.556. The molecule has 25 heavy (non-hydrogen) atoms. The number of aliphatic carboxylic acids is 1. The number of hydrogen-bond donors (Lipinski definition) is 2. The highest BCUT2D eigenvalue weighted by Crippen LogP contribution is 2.28. The molecule has 7 heteroatoms. The Balaban J connectivity index is 2.78. The summed E-state index contributed by atoms with van der Waals surface area (Å²) in [5.41, 5.74) is -0.0708. The minimum Gasteiger partial charge on any atom is -0.493 e. The molecular weight excluding hydrogens is 326 g/mol. The number of carboxylic acids is 1. The molecule has 1 aromatic carbocycles. The fourth-order valence-corrected chi connectivity index (χ4v) is 2.07. The van der Waals surface area contributed by atoms with Gasteiger partial charge in [-0.05, 0) is 45.9 Å². The Kier molecular flexibility index (Phi) is 7.70. The Labute approximate surface area is 148 Å². The first-order valence-electron chi connectivity index (χ1n) is 8.16. The van der Waals surface area contributed by atoms with Gasteiger partial charge < -0.3 is 24.6 Å². The lowest BCUT2D eigenvalue weighted by Gasteiger charge is -2.21. The smallest absolute Gasteiger partial charge is 0.326 e. The van der Waals surface area contributed by atoms with Gasteiger partial charge >= 0.3 is 5.97 Å². The van der Waals surface area contributed by atoms with Crippen LogP contribution in [0.4, 0.5) is 0 Å². The van der Waals surface area contributed by atoms with Crippen LogP contribution in [0.5, 0.6) is 11.5 Å². The molecule has 1 aromatic rings. The standard InChI is InChI=1S/C18H27NO6/c1-6-24-14-8-7-12(11-15(14)23-5)16(20)19-13(17(21)22)9-10-25-18(2,3)4/h7-8,11,13H,6,9-10H2,1-5H3,(H,19,20)(H,21,22). The van der Waals surface area contributed by atoms with Gasteiger partial charge in [0.2, 0.25) is 0 Å². The Bertz CT molecular complexity index is 594. The van der Waals surface area contributed by atoms with Gasteiger partial charge in [-0.3, -0.25) is 4.79 Å². The molecule has 0 fully saturated rings. The molecule has 0 saturated heterocycles. The van der Waals surface area contributed by atoms with Crippen molar-refractivity contribution in [2.24, 2.45) is 0 Å². The first kappa shape index (κ1) is 20.8. The molecule has 1 unspecified atom stereocenters. The van der Waals surface area contributed by atoms with E-state index >= 15 is 0 Å². The lowest BCUT2D eigenvalue weighted by atomic mass is 10.1. The molecule has 1 atom stereocenters. The number of rotatable bonds is 9. The minimum atomic E-state index is -1.11. The maximum atomic E-state index is 12.3. The van der Waals surface area contributed by atoms with Crippen LogP contribution in [0.2, 0.25) is 0 Å². The SMILES string of the molecule is CCOc1ccc(C(=O)NC(CCOC(C)(C)C)C(=O)O)cc1OC. The van der Waals surface area contributed by atoms with Crippen molar-refractivity contribution in [2.75, 3.05) is 20.3 Å². The monoisotopic (exact) mass is 353 g/mol. The molecule has 1 rings (SSSR count). The van der Waals surface area contributed by atoms with Crippen molar-refractivity contribution in [1.29, 1.82) is 0 Å². The van der Waals surface area contributed by atoms with Crippen LogP contribution in [0.1, 0.15) is 44.5 Å². The number of amides is 1. The van der Waals surface area contributed by atoms with Crippen molar-refractivity contribution < 1.29 is 28.9 Å². The van der Waals surface area contributed by atoms with Crippen LogP contribution in [0.15, 0.2) is 18.2 Å². The molecule has 0 spiro atoms. The molecule has 0 radical (unpaired) electrons. The molecular formula is C18H27NO6. The topological polar surface area (TPSA) is 94.1 Å². The van der Waals surface area contributed by atoms with E-state index in [9.17, 15) is 14.7 Å². The lowest BCUT2D eigenvalue weighted by Crippen LogP contribution is -2.42. The maximum Gasteiger partial charge on any atom is 0.326 e. The number of benzene rings is 1. The van der Waals surface area contributed by atoms with Gasteiger partial charge in [-0.2, -0.15) is 0 Å². The third-order valence-corrected chi connectivity index (χ3v) is 3.27. The third kappa shape index (κ3) is 7.01. The van der Waals surface area contributed by atoms with Crippen LogP contribution in [0.25, 0.3) is 0 Å². The molecule has 0 aliphatic heterocycles. The predicted molar refractivity (Wildman–Crippen MR) is 93.4 cm³/mol. The van der Waals surface area contributed by atoms with Crippen molar-refractivity contribution in [3.63, 3.8) is 0 Å². The van der Waals surface area contributed by atoms with E-state index in [1.54, 1.807) is 12.1 Å². The highest BCUT2D eigenvalue weighted by molar-refractivity contribution is 5.97. The number of nitrogens with one attached hydrogen (secondary N) is 1. The van der Waals surface area contributed by atoms with Crippen molar-refractivity contribution in [3.8, 4) is 11.5 Å². The fourth-order valence-electron chi connectivity index (χ4n) is 2.07. The van der Waals surface area contributed by atoms with Crippen LogP contribution >= 0.6 is 0 Å². The molecule has 0 aromatic heterocycles. The summed E-state index contributed by atoms with van der Waals surface area (Å²) in [5.74, 6) is -0.666. The summed E-state index contributed by atoms with van der Waals surface area (Å²) >= 11 is 0. The van der Waals surface area contributed by atoms with Crippen molar-refractivity contribution in [1.82, 2.24) is 5.32 Å². The van der Waals surface area contributed by atoms with Gasteiger partial charge in [-0.1, -0.05) is 0 Å². The average Bonchev–Trinajstić information content (AvgIpc) is 2.53. The highest BCUT2D eigenvalue weighted by atomic mass is 16.5. The normalized spacial score (nSPS) is 12.4. The summed E-state index contributed by atoms with van der Waals surface area (Å²) in [5, 5.41) is 11.8. The summed E-state index contributed by atoms with van der Waals surface area (Å²) < 4.78 is 16.1. The number of ether oxygens (including phenoxy) is 3. The molecule has 0 aliphatic carbocycles. The summed E-state index contributed by atoms with van der Waals surface area (Å²) in [6.45, 7) is 8.19. The van der Waals surface area contributed by atoms with Crippen molar-refractivity contribution in [2.45, 2.75) is 45.8 Å². The molecule has 140 valence electrons. The lowest BCUT2D eigenvalue weighted by molar-refractivity contribution is -0.140. The van der Waals surface area contributed by atoms with Gasteiger partial charge in [0, 0.05) is 18.6 Å². The Morgan fingerprint density at radius 3 is 2.44 bits per heavy atom. The van der Waals surface area contributed by atoms with E-state index in [2.05, 4.69) is 5.32 Å². The molecule has 0 bridgehead atoms. The zero-order valence-corrected chi connectivity index (χ0v) is 15.4. The predicted octanol–water partition coefficient (Wildman–Crippen LogP) is 2.48. The van der Waals surface area contributed by atoms with E-state index < -0.39 is 17.9 Å². The van der Waals surface area contributed by atoms with E-state index in [4.69, 9.17) is 14.2 Å². The number of carboxylic acid groups (broad SMARTS) is 1. The van der Waals surface area contributed by atoms with Gasteiger partial charge in [0.05, 0.1) is 19.3 Å². The van der Waals surface area contributed by atoms with Gasteiger partial charge in [-0.25, -0.2) is 4.79 Å². The van der Waals surface area contributed by atoms with Gasteiger partial charge in [-0.15, -0.1) is 0 Å². The second-order valence-electron chi connectivity index (χ2n) is 6.41. The zero-order chi connectivity index (χ0) is 19.0. The van der Waals surface area contributed by atoms with Crippen LogP contribution in [-0.2, 0) is 9.53 Å². The number of methoxy groups -OCH3 is 1. The second kappa shape index (κ2) is 9.27. The summed E-state index contributed by atoms with van der Waals surface area (Å²) in [4.78, 5) is 23.7. The number of carbonyl (C=O) groups is 2. The van der Waals surface area contributed by atoms with Crippen LogP contribution < -0.4 is 14.8 Å². The van der Waals surface area contributed by atoms with E-state index in [-0.39, 0.29) is 18.6 Å². The first-order valence-corrected chi connectivity index (χ1v) is 8.16. The first-order chi connectivity index (χ1) is 11.7. The molecule has 2 N–H and O–H groups in total. The minimum absolute atomic E-state index is 0.173. The van der Waals surface area contributed by atoms with Crippen molar-refractivity contribution >= 4 is 11.9 Å². The summed E-state index contributed by atoms with van der Waals surface area (Å²) in [7, 11) is 1.48. The van der Waals surface area contributed by atoms with E-state index in [1.807, 2.05) is 27.7 Å². The number of hydrogen-bond acceptors (Lipinski definition) is 5. The van der Waals surface area contributed by atoms with Gasteiger partial charge in [0.25, 0.3) is 5.91 Å². The van der Waals surface area contributed by atoms with Crippen LogP contribution in [-0.4, -0.2) is 48.9 Å². The van der Waals surface area contributed by atoms with Crippen LogP contribution in [0, 0.1) is 0 Å². The van der Waals surface area contributed by atoms with Crippen molar-refractivity contribution in [3.05, 3.63) is 23.8 Å². The summed E-state index contributed by atoms with van der Waals surface area (Å²) in [6, 6.07) is 3.67. The third-order valence-electron chi connectivity index (χ3n) is 3.27. The quantitative estimate of drug-likeness (QED) is 0.708.